The van der Waals surface area contributed by atoms with Crippen molar-refractivity contribution >= 4 is 10.1 Å². The summed E-state index contributed by atoms with van der Waals surface area (Å²) in [5, 5.41) is 0. The molecule has 0 spiro atoms. The number of quaternary nitrogens is 1. The molecular weight excluding hydrogens is 310 g/mol. The zero-order valence-corrected chi connectivity index (χ0v) is 16.0. The molecule has 0 saturated carbocycles. The third-order valence-electron chi connectivity index (χ3n) is 3.86. The first-order valence-electron chi connectivity index (χ1n) is 9.02. The molecule has 1 unspecified atom stereocenters. The van der Waals surface area contributed by atoms with E-state index in [2.05, 4.69) is 32.3 Å². The normalized spacial score (nSPS) is 16.9. The standard InChI is InChI=1S/C17H31N.CH4O3S/c1-3-5-6-7-8-9-10-11-12-14-18-15-13-17(4-2)16-18;1-5(2,3)4/h13,15-16H,3-12,14H2,1-2H3;1H3,(H,2,3,4). The second-order valence-corrected chi connectivity index (χ2v) is 7.67. The lowest BCUT2D eigenvalue weighted by Gasteiger charge is -2.06. The number of rotatable bonds is 11. The van der Waals surface area contributed by atoms with Crippen LogP contribution in [0.1, 0.15) is 78.1 Å². The molecule has 1 atom stereocenters. The molecule has 0 aromatic rings. The molecule has 1 aliphatic heterocycles. The fraction of sp³-hybridized carbons (Fsp3) is 0.778. The third-order valence-corrected chi connectivity index (χ3v) is 3.86. The van der Waals surface area contributed by atoms with Gasteiger partial charge in [-0.2, -0.15) is 0 Å². The van der Waals surface area contributed by atoms with E-state index in [9.17, 15) is 0 Å². The van der Waals surface area contributed by atoms with E-state index < -0.39 is 10.1 Å². The van der Waals surface area contributed by atoms with Gasteiger partial charge < -0.3 is 4.55 Å². The van der Waals surface area contributed by atoms with Crippen molar-refractivity contribution in [1.29, 1.82) is 0 Å². The first-order valence-corrected chi connectivity index (χ1v) is 10.8. The van der Waals surface area contributed by atoms with Gasteiger partial charge in [0.15, 0.2) is 0 Å². The summed E-state index contributed by atoms with van der Waals surface area (Å²) < 4.78 is 27.2. The van der Waals surface area contributed by atoms with Crippen molar-refractivity contribution in [1.82, 2.24) is 0 Å². The highest BCUT2D eigenvalue weighted by Gasteiger charge is 2.08. The Labute approximate surface area is 143 Å². The maximum atomic E-state index is 9.08. The molecule has 0 fully saturated rings. The average molecular weight is 346 g/mol. The van der Waals surface area contributed by atoms with E-state index in [4.69, 9.17) is 13.0 Å². The van der Waals surface area contributed by atoms with Crippen LogP contribution in [0.2, 0.25) is 0 Å². The molecule has 0 saturated heterocycles. The van der Waals surface area contributed by atoms with E-state index in [1.807, 2.05) is 0 Å². The quantitative estimate of drug-likeness (QED) is 0.461. The van der Waals surface area contributed by atoms with Gasteiger partial charge >= 0.3 is 0 Å². The lowest BCUT2D eigenvalue weighted by Crippen LogP contribution is -3.01. The molecule has 23 heavy (non-hydrogen) atoms. The van der Waals surface area contributed by atoms with E-state index in [0.717, 1.165) is 0 Å². The summed E-state index contributed by atoms with van der Waals surface area (Å²) in [5.41, 5.74) is 1.50. The SMILES string of the molecule is CCCCCCCCCCC[NH+]1C=CC(CC)=C1.CS(=O)(=O)[O-]. The molecule has 1 N–H and O–H groups in total. The zero-order chi connectivity index (χ0) is 17.6. The summed E-state index contributed by atoms with van der Waals surface area (Å²) in [6.45, 7) is 5.81. The van der Waals surface area contributed by atoms with Gasteiger partial charge in [-0.05, 0) is 19.3 Å². The van der Waals surface area contributed by atoms with E-state index in [0.29, 0.717) is 6.26 Å². The summed E-state index contributed by atoms with van der Waals surface area (Å²) in [7, 11) is -3.92. The topological polar surface area (TPSA) is 61.6 Å². The van der Waals surface area contributed by atoms with Crippen LogP contribution in [0, 0.1) is 0 Å². The molecule has 1 heterocycles. The van der Waals surface area contributed by atoms with Crippen LogP contribution in [0.15, 0.2) is 24.0 Å². The molecule has 136 valence electrons. The fourth-order valence-corrected chi connectivity index (χ4v) is 2.56. The first kappa shape index (κ1) is 22.4. The van der Waals surface area contributed by atoms with Gasteiger partial charge in [-0.3, -0.25) is 4.90 Å². The van der Waals surface area contributed by atoms with Crippen molar-refractivity contribution in [2.45, 2.75) is 78.1 Å². The van der Waals surface area contributed by atoms with E-state index in [1.165, 1.54) is 76.3 Å². The molecule has 0 amide bonds. The van der Waals surface area contributed by atoms with Crippen LogP contribution in [0.25, 0.3) is 0 Å². The minimum Gasteiger partial charge on any atom is -0.748 e. The molecule has 0 aromatic carbocycles. The fourth-order valence-electron chi connectivity index (χ4n) is 2.56. The predicted octanol–water partition coefficient (Wildman–Crippen LogP) is 3.38. The Morgan fingerprint density at radius 1 is 0.957 bits per heavy atom. The average Bonchev–Trinajstić information content (AvgIpc) is 2.92. The molecule has 1 rings (SSSR count). The van der Waals surface area contributed by atoms with Crippen LogP contribution in [-0.4, -0.2) is 25.8 Å². The first-order chi connectivity index (χ1) is 10.9. The van der Waals surface area contributed by atoms with Gasteiger partial charge in [-0.1, -0.05) is 58.8 Å². The number of hydrogen-bond acceptors (Lipinski definition) is 3. The molecule has 0 aliphatic carbocycles. The second kappa shape index (κ2) is 13.8. The Morgan fingerprint density at radius 2 is 1.43 bits per heavy atom. The van der Waals surface area contributed by atoms with Gasteiger partial charge in [-0.15, -0.1) is 0 Å². The third kappa shape index (κ3) is 17.5. The molecule has 0 aromatic heterocycles. The van der Waals surface area contributed by atoms with Crippen molar-refractivity contribution < 1.29 is 17.9 Å². The largest absolute Gasteiger partial charge is 0.748 e. The van der Waals surface area contributed by atoms with Gasteiger partial charge in [0, 0.05) is 17.9 Å². The van der Waals surface area contributed by atoms with Gasteiger partial charge in [0.25, 0.3) is 0 Å². The van der Waals surface area contributed by atoms with Crippen LogP contribution >= 0.6 is 0 Å². The Hall–Kier alpha value is -0.650. The lowest BCUT2D eigenvalue weighted by molar-refractivity contribution is -0.788. The minimum atomic E-state index is -3.92. The van der Waals surface area contributed by atoms with Crippen LogP contribution in [0.3, 0.4) is 0 Å². The second-order valence-electron chi connectivity index (χ2n) is 6.26. The van der Waals surface area contributed by atoms with Crippen molar-refractivity contribution in [2.75, 3.05) is 12.8 Å². The Kier molecular flexibility index (Phi) is 13.4. The Bertz CT molecular complexity index is 433. The maximum absolute atomic E-state index is 9.08. The smallest absolute Gasteiger partial charge is 0.102 e. The van der Waals surface area contributed by atoms with Crippen LogP contribution in [0.5, 0.6) is 0 Å². The number of nitrogens with one attached hydrogen (secondary N) is 1. The van der Waals surface area contributed by atoms with Crippen LogP contribution < -0.4 is 4.90 Å². The summed E-state index contributed by atoms with van der Waals surface area (Å²) in [5.74, 6) is 0. The predicted molar refractivity (Wildman–Crippen MR) is 96.2 cm³/mol. The summed E-state index contributed by atoms with van der Waals surface area (Å²) in [6.07, 6.45) is 21.6. The van der Waals surface area contributed by atoms with E-state index in [-0.39, 0.29) is 0 Å². The van der Waals surface area contributed by atoms with Crippen molar-refractivity contribution in [3.8, 4) is 0 Å². The summed E-state index contributed by atoms with van der Waals surface area (Å²) in [6, 6.07) is 0. The highest BCUT2D eigenvalue weighted by molar-refractivity contribution is 7.84. The highest BCUT2D eigenvalue weighted by Crippen LogP contribution is 2.09. The molecule has 1 aliphatic rings. The highest BCUT2D eigenvalue weighted by atomic mass is 32.2. The van der Waals surface area contributed by atoms with Crippen molar-refractivity contribution in [3.05, 3.63) is 24.0 Å². The number of hydrogen-bond donors (Lipinski definition) is 1. The summed E-state index contributed by atoms with van der Waals surface area (Å²) >= 11 is 0. The summed E-state index contributed by atoms with van der Waals surface area (Å²) in [4.78, 5) is 1.55. The van der Waals surface area contributed by atoms with Crippen molar-refractivity contribution in [2.24, 2.45) is 0 Å². The van der Waals surface area contributed by atoms with Gasteiger partial charge in [0.2, 0.25) is 0 Å². The molecule has 5 heteroatoms. The Morgan fingerprint density at radius 3 is 1.87 bits per heavy atom. The van der Waals surface area contributed by atoms with Gasteiger partial charge in [0.1, 0.15) is 6.20 Å². The van der Waals surface area contributed by atoms with E-state index >= 15 is 0 Å². The molecule has 0 bridgehead atoms. The number of unbranched alkanes of at least 4 members (excludes halogenated alkanes) is 8. The lowest BCUT2D eigenvalue weighted by atomic mass is 10.1. The van der Waals surface area contributed by atoms with Crippen LogP contribution in [-0.2, 0) is 10.1 Å². The van der Waals surface area contributed by atoms with Gasteiger partial charge in [0.05, 0.1) is 22.9 Å². The molecule has 0 radical (unpaired) electrons. The molecule has 4 nitrogen and oxygen atoms in total. The monoisotopic (exact) mass is 345 g/mol. The number of allylic oxidation sites excluding steroid dienone is 2. The van der Waals surface area contributed by atoms with E-state index in [1.54, 1.807) is 4.90 Å². The van der Waals surface area contributed by atoms with Gasteiger partial charge in [-0.25, -0.2) is 8.42 Å². The minimum absolute atomic E-state index is 0.604. The van der Waals surface area contributed by atoms with Crippen molar-refractivity contribution in [3.63, 3.8) is 0 Å². The van der Waals surface area contributed by atoms with Crippen LogP contribution in [0.4, 0.5) is 0 Å². The zero-order valence-electron chi connectivity index (χ0n) is 15.1. The Balaban J connectivity index is 0.000000841. The maximum Gasteiger partial charge on any atom is 0.102 e. The molecular formula is C18H35NO3S.